The molecule has 1 rings (SSSR count). The van der Waals surface area contributed by atoms with Gasteiger partial charge in [0.05, 0.1) is 19.6 Å². The lowest BCUT2D eigenvalue weighted by Gasteiger charge is -2.13. The zero-order valence-corrected chi connectivity index (χ0v) is 8.40. The molecule has 2 atom stereocenters. The largest absolute Gasteiger partial charge is 0.469 e. The molecule has 0 aliphatic heterocycles. The fraction of sp³-hybridized carbons (Fsp3) is 0.500. The lowest BCUT2D eigenvalue weighted by Crippen LogP contribution is -2.22. The SMILES string of the molecule is COC(=O)CC(O)C(O)c1nccs1. The van der Waals surface area contributed by atoms with Gasteiger partial charge in [-0.2, -0.15) is 0 Å². The lowest BCUT2D eigenvalue weighted by molar-refractivity contribution is -0.144. The molecular formula is C8H11NO4S. The second kappa shape index (κ2) is 5.04. The topological polar surface area (TPSA) is 79.7 Å². The van der Waals surface area contributed by atoms with E-state index in [0.29, 0.717) is 5.01 Å². The van der Waals surface area contributed by atoms with Crippen LogP contribution in [0.2, 0.25) is 0 Å². The van der Waals surface area contributed by atoms with Crippen molar-refractivity contribution >= 4 is 17.3 Å². The summed E-state index contributed by atoms with van der Waals surface area (Å²) in [7, 11) is 1.23. The van der Waals surface area contributed by atoms with E-state index >= 15 is 0 Å². The maximum Gasteiger partial charge on any atom is 0.308 e. The third-order valence-electron chi connectivity index (χ3n) is 1.67. The van der Waals surface area contributed by atoms with Crippen LogP contribution in [0.15, 0.2) is 11.6 Å². The van der Waals surface area contributed by atoms with E-state index in [4.69, 9.17) is 0 Å². The van der Waals surface area contributed by atoms with E-state index in [1.54, 1.807) is 5.38 Å². The van der Waals surface area contributed by atoms with Gasteiger partial charge in [0, 0.05) is 11.6 Å². The van der Waals surface area contributed by atoms with Gasteiger partial charge in [0.15, 0.2) is 0 Å². The molecule has 1 heterocycles. The zero-order valence-electron chi connectivity index (χ0n) is 7.58. The van der Waals surface area contributed by atoms with Crippen LogP contribution >= 0.6 is 11.3 Å². The Balaban J connectivity index is 2.53. The van der Waals surface area contributed by atoms with Crippen LogP contribution in [-0.4, -0.2) is 34.4 Å². The first kappa shape index (κ1) is 11.1. The first-order chi connectivity index (χ1) is 6.65. The summed E-state index contributed by atoms with van der Waals surface area (Å²) in [6, 6.07) is 0. The van der Waals surface area contributed by atoms with Gasteiger partial charge in [-0.05, 0) is 0 Å². The number of esters is 1. The van der Waals surface area contributed by atoms with Crippen LogP contribution in [0.4, 0.5) is 0 Å². The van der Waals surface area contributed by atoms with Gasteiger partial charge in [-0.3, -0.25) is 4.79 Å². The van der Waals surface area contributed by atoms with E-state index in [-0.39, 0.29) is 6.42 Å². The van der Waals surface area contributed by atoms with Crippen molar-refractivity contribution in [3.05, 3.63) is 16.6 Å². The van der Waals surface area contributed by atoms with Gasteiger partial charge in [0.2, 0.25) is 0 Å². The number of carbonyl (C=O) groups is 1. The van der Waals surface area contributed by atoms with Crippen LogP contribution < -0.4 is 0 Å². The molecule has 0 radical (unpaired) electrons. The molecular weight excluding hydrogens is 206 g/mol. The Labute approximate surface area is 85.0 Å². The van der Waals surface area contributed by atoms with E-state index in [9.17, 15) is 15.0 Å². The number of rotatable bonds is 4. The van der Waals surface area contributed by atoms with E-state index < -0.39 is 18.2 Å². The summed E-state index contributed by atoms with van der Waals surface area (Å²) in [5.41, 5.74) is 0. The Morgan fingerprint density at radius 2 is 2.43 bits per heavy atom. The number of nitrogens with zero attached hydrogens (tertiary/aromatic N) is 1. The molecule has 0 bridgehead atoms. The minimum atomic E-state index is -1.17. The van der Waals surface area contributed by atoms with Crippen molar-refractivity contribution in [2.24, 2.45) is 0 Å². The molecule has 0 aliphatic rings. The van der Waals surface area contributed by atoms with Gasteiger partial charge in [-0.1, -0.05) is 0 Å². The second-order valence-electron chi connectivity index (χ2n) is 2.66. The summed E-state index contributed by atoms with van der Waals surface area (Å²) in [4.78, 5) is 14.6. The normalized spacial score (nSPS) is 14.8. The average Bonchev–Trinajstić information content (AvgIpc) is 2.69. The van der Waals surface area contributed by atoms with Crippen LogP contribution in [0.5, 0.6) is 0 Å². The molecule has 5 nitrogen and oxygen atoms in total. The molecule has 0 aromatic carbocycles. The van der Waals surface area contributed by atoms with Crippen LogP contribution in [-0.2, 0) is 9.53 Å². The predicted molar refractivity (Wildman–Crippen MR) is 49.7 cm³/mol. The summed E-state index contributed by atoms with van der Waals surface area (Å²) in [6.45, 7) is 0. The van der Waals surface area contributed by atoms with Crippen molar-refractivity contribution in [3.8, 4) is 0 Å². The third-order valence-corrected chi connectivity index (χ3v) is 2.52. The Morgan fingerprint density at radius 3 is 2.93 bits per heavy atom. The highest BCUT2D eigenvalue weighted by atomic mass is 32.1. The summed E-state index contributed by atoms with van der Waals surface area (Å²) >= 11 is 1.22. The molecule has 0 aliphatic carbocycles. The molecule has 14 heavy (non-hydrogen) atoms. The maximum atomic E-state index is 10.8. The number of hydrogen-bond donors (Lipinski definition) is 2. The van der Waals surface area contributed by atoms with Crippen LogP contribution in [0.1, 0.15) is 17.5 Å². The summed E-state index contributed by atoms with van der Waals surface area (Å²) < 4.78 is 4.36. The average molecular weight is 217 g/mol. The fourth-order valence-electron chi connectivity index (χ4n) is 0.911. The van der Waals surface area contributed by atoms with E-state index in [2.05, 4.69) is 9.72 Å². The molecule has 78 valence electrons. The first-order valence-electron chi connectivity index (χ1n) is 3.97. The number of aromatic nitrogens is 1. The highest BCUT2D eigenvalue weighted by Crippen LogP contribution is 2.20. The summed E-state index contributed by atoms with van der Waals surface area (Å²) in [5.74, 6) is -0.562. The molecule has 0 saturated heterocycles. The van der Waals surface area contributed by atoms with E-state index in [1.807, 2.05) is 0 Å². The lowest BCUT2D eigenvalue weighted by atomic mass is 10.1. The Hall–Kier alpha value is -0.980. The predicted octanol–water partition coefficient (Wildman–Crippen LogP) is 0.100. The van der Waals surface area contributed by atoms with Gasteiger partial charge in [0.1, 0.15) is 11.1 Å². The van der Waals surface area contributed by atoms with Crippen LogP contribution in [0.25, 0.3) is 0 Å². The van der Waals surface area contributed by atoms with Gasteiger partial charge < -0.3 is 14.9 Å². The highest BCUT2D eigenvalue weighted by Gasteiger charge is 2.23. The fourth-order valence-corrected chi connectivity index (χ4v) is 1.59. The molecule has 1 aromatic heterocycles. The number of methoxy groups -OCH3 is 1. The maximum absolute atomic E-state index is 10.8. The number of aliphatic hydroxyl groups is 2. The van der Waals surface area contributed by atoms with Crippen molar-refractivity contribution in [2.45, 2.75) is 18.6 Å². The van der Waals surface area contributed by atoms with Crippen LogP contribution in [0, 0.1) is 0 Å². The molecule has 2 N–H and O–H groups in total. The minimum Gasteiger partial charge on any atom is -0.469 e. The van der Waals surface area contributed by atoms with Crippen molar-refractivity contribution in [1.29, 1.82) is 0 Å². The number of hydrogen-bond acceptors (Lipinski definition) is 6. The number of carbonyl (C=O) groups excluding carboxylic acids is 1. The van der Waals surface area contributed by atoms with E-state index in [0.717, 1.165) is 0 Å². The number of aliphatic hydroxyl groups excluding tert-OH is 2. The monoisotopic (exact) mass is 217 g/mol. The third kappa shape index (κ3) is 2.76. The Morgan fingerprint density at radius 1 is 1.71 bits per heavy atom. The van der Waals surface area contributed by atoms with Crippen molar-refractivity contribution < 1.29 is 19.7 Å². The van der Waals surface area contributed by atoms with Gasteiger partial charge >= 0.3 is 5.97 Å². The molecule has 0 amide bonds. The Kier molecular flexibility index (Phi) is 3.99. The standard InChI is InChI=1S/C8H11NO4S/c1-13-6(11)4-5(10)7(12)8-9-2-3-14-8/h2-3,5,7,10,12H,4H2,1H3. The molecule has 6 heteroatoms. The second-order valence-corrected chi connectivity index (χ2v) is 3.59. The quantitative estimate of drug-likeness (QED) is 0.699. The summed E-state index contributed by atoms with van der Waals surface area (Å²) in [5, 5.41) is 21.0. The molecule has 0 fully saturated rings. The number of thiazole rings is 1. The summed E-state index contributed by atoms with van der Waals surface area (Å²) in [6.07, 6.45) is -1.02. The smallest absolute Gasteiger partial charge is 0.308 e. The molecule has 2 unspecified atom stereocenters. The minimum absolute atomic E-state index is 0.239. The van der Waals surface area contributed by atoms with Crippen molar-refractivity contribution in [3.63, 3.8) is 0 Å². The van der Waals surface area contributed by atoms with Gasteiger partial charge in [-0.25, -0.2) is 4.98 Å². The van der Waals surface area contributed by atoms with Crippen LogP contribution in [0.3, 0.4) is 0 Å². The first-order valence-corrected chi connectivity index (χ1v) is 4.85. The molecule has 0 saturated carbocycles. The molecule has 0 spiro atoms. The molecule has 1 aromatic rings. The number of ether oxygens (including phenoxy) is 1. The van der Waals surface area contributed by atoms with Gasteiger partial charge in [-0.15, -0.1) is 11.3 Å². The Bertz CT molecular complexity index is 288. The van der Waals surface area contributed by atoms with Crippen molar-refractivity contribution in [2.75, 3.05) is 7.11 Å². The van der Waals surface area contributed by atoms with Crippen molar-refractivity contribution in [1.82, 2.24) is 4.98 Å². The van der Waals surface area contributed by atoms with E-state index in [1.165, 1.54) is 24.6 Å². The van der Waals surface area contributed by atoms with Gasteiger partial charge in [0.25, 0.3) is 0 Å². The highest BCUT2D eigenvalue weighted by molar-refractivity contribution is 7.09. The zero-order chi connectivity index (χ0) is 10.6.